The van der Waals surface area contributed by atoms with E-state index in [1.54, 1.807) is 13.0 Å². The Labute approximate surface area is 191 Å². The first kappa shape index (κ1) is 22.2. The molecule has 31 heavy (non-hydrogen) atoms. The van der Waals surface area contributed by atoms with Gasteiger partial charge in [0.15, 0.2) is 6.29 Å². The first-order chi connectivity index (χ1) is 15.1. The molecule has 1 fully saturated rings. The second-order valence-electron chi connectivity index (χ2n) is 7.54. The molecule has 0 amide bonds. The van der Waals surface area contributed by atoms with Gasteiger partial charge in [0, 0.05) is 24.1 Å². The number of carbonyl (C=O) groups excluding carboxylic acids is 1. The smallest absolute Gasteiger partial charge is 0.354 e. The van der Waals surface area contributed by atoms with Gasteiger partial charge in [-0.25, -0.2) is 4.79 Å². The number of fused-ring (bicyclic) bond motifs is 1. The Morgan fingerprint density at radius 2 is 2.03 bits per heavy atom. The summed E-state index contributed by atoms with van der Waals surface area (Å²) in [5, 5.41) is 1.94. The third-order valence-corrected chi connectivity index (χ3v) is 6.15. The lowest BCUT2D eigenvalue weighted by Gasteiger charge is -2.22. The van der Waals surface area contributed by atoms with Crippen molar-refractivity contribution in [3.63, 3.8) is 0 Å². The maximum absolute atomic E-state index is 12.7. The third-order valence-electron chi connectivity index (χ3n) is 5.41. The van der Waals surface area contributed by atoms with Crippen LogP contribution in [0.3, 0.4) is 0 Å². The highest BCUT2D eigenvalue weighted by Crippen LogP contribution is 2.29. The van der Waals surface area contributed by atoms with Crippen LogP contribution in [0.2, 0.25) is 10.0 Å². The number of carbonyl (C=O) groups is 1. The van der Waals surface area contributed by atoms with Crippen molar-refractivity contribution in [3.8, 4) is 0 Å². The van der Waals surface area contributed by atoms with Gasteiger partial charge in [0.1, 0.15) is 5.69 Å². The normalized spacial score (nSPS) is 16.5. The number of halogens is 2. The van der Waals surface area contributed by atoms with Gasteiger partial charge in [-0.3, -0.25) is 0 Å². The number of hydrogen-bond acceptors (Lipinski definition) is 4. The van der Waals surface area contributed by atoms with Crippen LogP contribution < -0.4 is 0 Å². The summed E-state index contributed by atoms with van der Waals surface area (Å²) in [5.74, 6) is -0.360. The molecule has 1 aliphatic heterocycles. The summed E-state index contributed by atoms with van der Waals surface area (Å²) < 4.78 is 19.0. The van der Waals surface area contributed by atoms with Gasteiger partial charge in [0.2, 0.25) is 0 Å². The monoisotopic (exact) mass is 461 g/mol. The number of rotatable bonds is 7. The van der Waals surface area contributed by atoms with E-state index in [9.17, 15) is 4.79 Å². The first-order valence-electron chi connectivity index (χ1n) is 10.5. The molecule has 2 heterocycles. The van der Waals surface area contributed by atoms with Crippen molar-refractivity contribution in [2.24, 2.45) is 0 Å². The van der Waals surface area contributed by atoms with Crippen molar-refractivity contribution in [1.82, 2.24) is 4.57 Å². The standard InChI is InChI=1S/C24H25Cl2NO4/c1-2-29-24(28)22-13-18-17(15-31-23-8-3-4-11-30-23)6-5-7-21(18)27(22)14-16-9-10-19(25)20(26)12-16/h5-7,9-10,12-13,23H,2-4,8,11,14-15H2,1H3. The van der Waals surface area contributed by atoms with E-state index in [2.05, 4.69) is 0 Å². The zero-order valence-corrected chi connectivity index (χ0v) is 18.9. The van der Waals surface area contributed by atoms with Crippen molar-refractivity contribution in [2.45, 2.75) is 45.6 Å². The predicted molar refractivity (Wildman–Crippen MR) is 122 cm³/mol. The molecule has 0 bridgehead atoms. The number of hydrogen-bond donors (Lipinski definition) is 0. The second kappa shape index (κ2) is 10.0. The van der Waals surface area contributed by atoms with Gasteiger partial charge < -0.3 is 18.8 Å². The fraction of sp³-hybridized carbons (Fsp3) is 0.375. The fourth-order valence-electron chi connectivity index (χ4n) is 3.86. The topological polar surface area (TPSA) is 49.7 Å². The lowest BCUT2D eigenvalue weighted by molar-refractivity contribution is -0.168. The van der Waals surface area contributed by atoms with Gasteiger partial charge >= 0.3 is 5.97 Å². The average Bonchev–Trinajstić information content (AvgIpc) is 3.15. The van der Waals surface area contributed by atoms with Gasteiger partial charge in [0.05, 0.1) is 23.3 Å². The van der Waals surface area contributed by atoms with E-state index in [1.807, 2.05) is 41.0 Å². The minimum absolute atomic E-state index is 0.174. The molecular weight excluding hydrogens is 437 g/mol. The Balaban J connectivity index is 1.69. The maximum Gasteiger partial charge on any atom is 0.354 e. The van der Waals surface area contributed by atoms with Crippen molar-refractivity contribution < 1.29 is 19.0 Å². The van der Waals surface area contributed by atoms with E-state index < -0.39 is 0 Å². The van der Waals surface area contributed by atoms with E-state index in [0.29, 0.717) is 35.5 Å². The molecule has 1 aromatic heterocycles. The van der Waals surface area contributed by atoms with E-state index in [4.69, 9.17) is 37.4 Å². The van der Waals surface area contributed by atoms with Gasteiger partial charge in [-0.2, -0.15) is 0 Å². The van der Waals surface area contributed by atoms with Crippen LogP contribution in [0.4, 0.5) is 0 Å². The third kappa shape index (κ3) is 5.07. The Hall–Kier alpha value is -2.05. The number of aromatic nitrogens is 1. The summed E-state index contributed by atoms with van der Waals surface area (Å²) >= 11 is 12.3. The maximum atomic E-state index is 12.7. The highest BCUT2D eigenvalue weighted by atomic mass is 35.5. The molecule has 1 aliphatic rings. The minimum Gasteiger partial charge on any atom is -0.461 e. The molecule has 1 atom stereocenters. The van der Waals surface area contributed by atoms with Crippen LogP contribution in [-0.2, 0) is 27.4 Å². The summed E-state index contributed by atoms with van der Waals surface area (Å²) in [6.07, 6.45) is 2.92. The zero-order chi connectivity index (χ0) is 21.8. The molecule has 4 rings (SSSR count). The summed E-state index contributed by atoms with van der Waals surface area (Å²) in [7, 11) is 0. The highest BCUT2D eigenvalue weighted by Gasteiger charge is 2.20. The predicted octanol–water partition coefficient (Wildman–Crippen LogP) is 6.22. The molecule has 0 saturated carbocycles. The van der Waals surface area contributed by atoms with Gasteiger partial charge in [0.25, 0.3) is 0 Å². The lowest BCUT2D eigenvalue weighted by Crippen LogP contribution is -2.22. The Bertz CT molecular complexity index is 1070. The molecule has 1 unspecified atom stereocenters. The lowest BCUT2D eigenvalue weighted by atomic mass is 10.1. The van der Waals surface area contributed by atoms with Crippen LogP contribution in [0.5, 0.6) is 0 Å². The van der Waals surface area contributed by atoms with Crippen LogP contribution in [0.25, 0.3) is 10.9 Å². The Morgan fingerprint density at radius 3 is 2.77 bits per heavy atom. The molecule has 1 saturated heterocycles. The van der Waals surface area contributed by atoms with E-state index in [0.717, 1.165) is 47.9 Å². The van der Waals surface area contributed by atoms with Crippen molar-refractivity contribution in [1.29, 1.82) is 0 Å². The molecule has 7 heteroatoms. The summed E-state index contributed by atoms with van der Waals surface area (Å²) in [4.78, 5) is 12.7. The largest absolute Gasteiger partial charge is 0.461 e. The molecule has 0 N–H and O–H groups in total. The zero-order valence-electron chi connectivity index (χ0n) is 17.4. The van der Waals surface area contributed by atoms with Crippen LogP contribution in [0, 0.1) is 0 Å². The molecule has 164 valence electrons. The fourth-order valence-corrected chi connectivity index (χ4v) is 4.18. The molecular formula is C24H25Cl2NO4. The van der Waals surface area contributed by atoms with E-state index >= 15 is 0 Å². The first-order valence-corrected chi connectivity index (χ1v) is 11.3. The van der Waals surface area contributed by atoms with E-state index in [-0.39, 0.29) is 12.3 Å². The van der Waals surface area contributed by atoms with Crippen LogP contribution >= 0.6 is 23.2 Å². The SMILES string of the molecule is CCOC(=O)c1cc2c(COC3CCCCO3)cccc2n1Cc1ccc(Cl)c(Cl)c1. The Morgan fingerprint density at radius 1 is 1.16 bits per heavy atom. The highest BCUT2D eigenvalue weighted by molar-refractivity contribution is 6.42. The number of ether oxygens (including phenoxy) is 3. The van der Waals surface area contributed by atoms with E-state index in [1.165, 1.54) is 0 Å². The van der Waals surface area contributed by atoms with Gasteiger partial charge in [-0.1, -0.05) is 41.4 Å². The number of esters is 1. The average molecular weight is 462 g/mol. The summed E-state index contributed by atoms with van der Waals surface area (Å²) in [5.41, 5.74) is 3.36. The Kier molecular flexibility index (Phi) is 7.18. The molecule has 0 spiro atoms. The minimum atomic E-state index is -0.360. The molecule has 2 aromatic carbocycles. The van der Waals surface area contributed by atoms with Gasteiger partial charge in [-0.15, -0.1) is 0 Å². The second-order valence-corrected chi connectivity index (χ2v) is 8.36. The van der Waals surface area contributed by atoms with Crippen molar-refractivity contribution in [2.75, 3.05) is 13.2 Å². The quantitative estimate of drug-likeness (QED) is 0.392. The molecule has 3 aromatic rings. The van der Waals surface area contributed by atoms with Crippen LogP contribution in [0.15, 0.2) is 42.5 Å². The molecule has 0 radical (unpaired) electrons. The summed E-state index contributed by atoms with van der Waals surface area (Å²) in [6.45, 7) is 3.73. The van der Waals surface area contributed by atoms with Gasteiger partial charge in [-0.05, 0) is 61.6 Å². The van der Waals surface area contributed by atoms with Crippen molar-refractivity contribution in [3.05, 3.63) is 69.3 Å². The number of benzene rings is 2. The summed E-state index contributed by atoms with van der Waals surface area (Å²) in [6, 6.07) is 13.4. The van der Waals surface area contributed by atoms with Crippen LogP contribution in [-0.4, -0.2) is 30.0 Å². The molecule has 0 aliphatic carbocycles. The van der Waals surface area contributed by atoms with Crippen LogP contribution in [0.1, 0.15) is 47.8 Å². The van der Waals surface area contributed by atoms with Crippen molar-refractivity contribution >= 4 is 40.1 Å². The number of nitrogens with zero attached hydrogens (tertiary/aromatic N) is 1. The molecule has 5 nitrogen and oxygen atoms in total.